The van der Waals surface area contributed by atoms with Crippen molar-refractivity contribution in [1.82, 2.24) is 10.2 Å². The molecule has 1 saturated carbocycles. The van der Waals surface area contributed by atoms with E-state index in [1.807, 2.05) is 6.07 Å². The maximum atomic E-state index is 12.7. The van der Waals surface area contributed by atoms with Gasteiger partial charge in [-0.1, -0.05) is 30.6 Å². The van der Waals surface area contributed by atoms with Gasteiger partial charge in [0.1, 0.15) is 5.01 Å². The summed E-state index contributed by atoms with van der Waals surface area (Å²) in [6.07, 6.45) is 6.20. The number of amides is 2. The number of fused-ring (bicyclic) bond motifs is 1. The van der Waals surface area contributed by atoms with E-state index in [1.54, 1.807) is 17.0 Å². The van der Waals surface area contributed by atoms with Gasteiger partial charge in [-0.3, -0.25) is 9.59 Å². The van der Waals surface area contributed by atoms with Crippen LogP contribution in [0.5, 0.6) is 11.5 Å². The van der Waals surface area contributed by atoms with Crippen LogP contribution in [0.4, 0.5) is 10.8 Å². The molecule has 3 heterocycles. The average molecular weight is 414 g/mol. The lowest BCUT2D eigenvalue weighted by molar-refractivity contribution is -0.122. The summed E-state index contributed by atoms with van der Waals surface area (Å²) in [5, 5.41) is 12.8. The van der Waals surface area contributed by atoms with Crippen molar-refractivity contribution in [2.45, 2.75) is 44.4 Å². The molecule has 1 N–H and O–H groups in total. The summed E-state index contributed by atoms with van der Waals surface area (Å²) in [5.41, 5.74) is 0.713. The van der Waals surface area contributed by atoms with Gasteiger partial charge in [-0.2, -0.15) is 0 Å². The van der Waals surface area contributed by atoms with E-state index >= 15 is 0 Å². The van der Waals surface area contributed by atoms with Gasteiger partial charge in [-0.05, 0) is 25.0 Å². The van der Waals surface area contributed by atoms with E-state index in [-0.39, 0.29) is 25.0 Å². The third-order valence-corrected chi connectivity index (χ3v) is 6.79. The van der Waals surface area contributed by atoms with Gasteiger partial charge in [-0.25, -0.2) is 0 Å². The first-order valence-electron chi connectivity index (χ1n) is 10.0. The Morgan fingerprint density at radius 1 is 1.14 bits per heavy atom. The van der Waals surface area contributed by atoms with Crippen LogP contribution in [-0.2, 0) is 9.59 Å². The Kier molecular flexibility index (Phi) is 4.83. The van der Waals surface area contributed by atoms with Crippen LogP contribution in [-0.4, -0.2) is 35.3 Å². The number of ether oxygens (including phenoxy) is 2. The molecule has 152 valence electrons. The second-order valence-electron chi connectivity index (χ2n) is 7.71. The number of nitrogens with one attached hydrogen (secondary N) is 1. The van der Waals surface area contributed by atoms with Crippen LogP contribution in [0.1, 0.15) is 49.5 Å². The Morgan fingerprint density at radius 2 is 1.97 bits per heavy atom. The van der Waals surface area contributed by atoms with E-state index in [9.17, 15) is 9.59 Å². The molecule has 0 radical (unpaired) electrons. The molecule has 5 rings (SSSR count). The maximum Gasteiger partial charge on any atom is 0.231 e. The van der Waals surface area contributed by atoms with Crippen LogP contribution in [0.3, 0.4) is 0 Å². The zero-order chi connectivity index (χ0) is 19.8. The van der Waals surface area contributed by atoms with Gasteiger partial charge >= 0.3 is 0 Å². The lowest BCUT2D eigenvalue weighted by Crippen LogP contribution is -2.28. The molecule has 0 spiro atoms. The highest BCUT2D eigenvalue weighted by Crippen LogP contribution is 2.38. The van der Waals surface area contributed by atoms with E-state index < -0.39 is 5.92 Å². The first-order valence-corrected chi connectivity index (χ1v) is 10.8. The van der Waals surface area contributed by atoms with Crippen molar-refractivity contribution in [3.05, 3.63) is 23.2 Å². The zero-order valence-corrected chi connectivity index (χ0v) is 16.7. The van der Waals surface area contributed by atoms with Crippen LogP contribution < -0.4 is 19.7 Å². The minimum atomic E-state index is -0.421. The van der Waals surface area contributed by atoms with Crippen LogP contribution >= 0.6 is 11.3 Å². The summed E-state index contributed by atoms with van der Waals surface area (Å²) >= 11 is 1.45. The molecule has 2 aromatic rings. The van der Waals surface area contributed by atoms with Crippen LogP contribution in [0, 0.1) is 5.92 Å². The molecule has 1 aliphatic carbocycles. The summed E-state index contributed by atoms with van der Waals surface area (Å²) in [6, 6.07) is 5.38. The van der Waals surface area contributed by atoms with E-state index in [2.05, 4.69) is 15.5 Å². The summed E-state index contributed by atoms with van der Waals surface area (Å²) in [4.78, 5) is 26.8. The highest BCUT2D eigenvalue weighted by atomic mass is 32.1. The molecule has 9 heteroatoms. The van der Waals surface area contributed by atoms with Gasteiger partial charge in [0.25, 0.3) is 0 Å². The fourth-order valence-corrected chi connectivity index (χ4v) is 5.11. The van der Waals surface area contributed by atoms with E-state index in [1.165, 1.54) is 30.6 Å². The zero-order valence-electron chi connectivity index (χ0n) is 15.9. The predicted molar refractivity (Wildman–Crippen MR) is 107 cm³/mol. The van der Waals surface area contributed by atoms with Crippen molar-refractivity contribution in [3.8, 4) is 11.5 Å². The second kappa shape index (κ2) is 7.62. The summed E-state index contributed by atoms with van der Waals surface area (Å²) < 4.78 is 10.7. The monoisotopic (exact) mass is 414 g/mol. The van der Waals surface area contributed by atoms with Gasteiger partial charge in [0.15, 0.2) is 11.5 Å². The van der Waals surface area contributed by atoms with Crippen LogP contribution in [0.2, 0.25) is 0 Å². The quantitative estimate of drug-likeness (QED) is 0.825. The summed E-state index contributed by atoms with van der Waals surface area (Å²) in [5.74, 6) is 1.06. The average Bonchev–Trinajstić information content (AvgIpc) is 3.47. The van der Waals surface area contributed by atoms with Gasteiger partial charge < -0.3 is 19.7 Å². The molecule has 2 aliphatic heterocycles. The third kappa shape index (κ3) is 3.66. The van der Waals surface area contributed by atoms with E-state index in [4.69, 9.17) is 9.47 Å². The standard InChI is InChI=1S/C20H22N4O4S/c25-17-8-13(10-24(17)14-6-7-15-16(9-14)28-11-27-15)18(26)21-20-23-22-19(29-20)12-4-2-1-3-5-12/h6-7,9,12-13H,1-5,8,10-11H2,(H,21,23,26). The van der Waals surface area contributed by atoms with Gasteiger partial charge in [0.05, 0.1) is 5.92 Å². The van der Waals surface area contributed by atoms with Crippen LogP contribution in [0.15, 0.2) is 18.2 Å². The molecular formula is C20H22N4O4S. The van der Waals surface area contributed by atoms with Crippen molar-refractivity contribution in [2.24, 2.45) is 5.92 Å². The number of benzene rings is 1. The van der Waals surface area contributed by atoms with Gasteiger partial charge in [-0.15, -0.1) is 10.2 Å². The second-order valence-corrected chi connectivity index (χ2v) is 8.72. The minimum Gasteiger partial charge on any atom is -0.454 e. The SMILES string of the molecule is O=C(Nc1nnc(C2CCCCC2)s1)C1CC(=O)N(c2ccc3c(c2)OCO3)C1. The first kappa shape index (κ1) is 18.4. The first-order chi connectivity index (χ1) is 14.2. The fraction of sp³-hybridized carbons (Fsp3) is 0.500. The Balaban J connectivity index is 1.23. The molecule has 29 heavy (non-hydrogen) atoms. The Labute approximate surface area is 172 Å². The van der Waals surface area contributed by atoms with Crippen LogP contribution in [0.25, 0.3) is 0 Å². The van der Waals surface area contributed by atoms with Gasteiger partial charge in [0, 0.05) is 30.6 Å². The molecule has 3 aliphatic rings. The summed E-state index contributed by atoms with van der Waals surface area (Å²) in [7, 11) is 0. The topological polar surface area (TPSA) is 93.7 Å². The molecule has 2 fully saturated rings. The number of nitrogens with zero attached hydrogens (tertiary/aromatic N) is 3. The van der Waals surface area contributed by atoms with Crippen molar-refractivity contribution in [3.63, 3.8) is 0 Å². The largest absolute Gasteiger partial charge is 0.454 e. The molecule has 1 aromatic heterocycles. The maximum absolute atomic E-state index is 12.7. The molecule has 1 aromatic carbocycles. The molecule has 1 saturated heterocycles. The smallest absolute Gasteiger partial charge is 0.231 e. The number of carbonyl (C=O) groups excluding carboxylic acids is 2. The Bertz CT molecular complexity index is 940. The Hall–Kier alpha value is -2.68. The summed E-state index contributed by atoms with van der Waals surface area (Å²) in [6.45, 7) is 0.515. The highest BCUT2D eigenvalue weighted by Gasteiger charge is 2.36. The Morgan fingerprint density at radius 3 is 2.83 bits per heavy atom. The fourth-order valence-electron chi connectivity index (χ4n) is 4.19. The molecule has 8 nitrogen and oxygen atoms in total. The van der Waals surface area contributed by atoms with Crippen molar-refractivity contribution >= 4 is 34.0 Å². The molecule has 1 unspecified atom stereocenters. The predicted octanol–water partition coefficient (Wildman–Crippen LogP) is 3.31. The molecule has 0 bridgehead atoms. The molecular weight excluding hydrogens is 392 g/mol. The molecule has 1 atom stereocenters. The highest BCUT2D eigenvalue weighted by molar-refractivity contribution is 7.15. The van der Waals surface area contributed by atoms with E-state index in [0.29, 0.717) is 34.8 Å². The normalized spacial score (nSPS) is 21.6. The van der Waals surface area contributed by atoms with Gasteiger partial charge in [0.2, 0.25) is 23.7 Å². The minimum absolute atomic E-state index is 0.0795. The number of anilines is 2. The third-order valence-electron chi connectivity index (χ3n) is 5.79. The van der Waals surface area contributed by atoms with E-state index in [0.717, 1.165) is 17.8 Å². The van der Waals surface area contributed by atoms with Crippen molar-refractivity contribution in [1.29, 1.82) is 0 Å². The number of rotatable bonds is 4. The van der Waals surface area contributed by atoms with Crippen molar-refractivity contribution in [2.75, 3.05) is 23.6 Å². The lowest BCUT2D eigenvalue weighted by atomic mass is 9.90. The number of aromatic nitrogens is 2. The van der Waals surface area contributed by atoms with Crippen molar-refractivity contribution < 1.29 is 19.1 Å². The number of hydrogen-bond acceptors (Lipinski definition) is 7. The molecule has 2 amide bonds. The lowest BCUT2D eigenvalue weighted by Gasteiger charge is -2.18. The number of carbonyl (C=O) groups is 2. The number of hydrogen-bond donors (Lipinski definition) is 1.